The number of hydrogen-bond acceptors (Lipinski definition) is 3. The highest BCUT2D eigenvalue weighted by Gasteiger charge is 2.30. The average Bonchev–Trinajstić information content (AvgIpc) is 2.99. The number of aliphatic hydroxyl groups is 2. The molecule has 3 atom stereocenters. The first kappa shape index (κ1) is 10.4. The van der Waals surface area contributed by atoms with E-state index in [1.54, 1.807) is 0 Å². The molecule has 82 valence electrons. The first-order valence-corrected chi connectivity index (χ1v) is 5.87. The van der Waals surface area contributed by atoms with Crippen LogP contribution < -0.4 is 5.32 Å². The van der Waals surface area contributed by atoms with E-state index in [1.807, 2.05) is 0 Å². The number of rotatable bonds is 4. The fourth-order valence-corrected chi connectivity index (χ4v) is 2.27. The van der Waals surface area contributed by atoms with E-state index >= 15 is 0 Å². The molecule has 0 heterocycles. The third-order valence-electron chi connectivity index (χ3n) is 3.48. The molecule has 3 heteroatoms. The van der Waals surface area contributed by atoms with Crippen LogP contribution in [-0.4, -0.2) is 35.0 Å². The number of hydrogen-bond donors (Lipinski definition) is 3. The van der Waals surface area contributed by atoms with Gasteiger partial charge in [-0.1, -0.05) is 12.8 Å². The normalized spacial score (nSPS) is 35.6. The molecule has 1 unspecified atom stereocenters. The van der Waals surface area contributed by atoms with Gasteiger partial charge >= 0.3 is 0 Å². The third kappa shape index (κ3) is 2.69. The Balaban J connectivity index is 1.67. The molecular formula is C11H21NO2. The van der Waals surface area contributed by atoms with Crippen molar-refractivity contribution in [2.24, 2.45) is 5.92 Å². The lowest BCUT2D eigenvalue weighted by atomic mass is 9.92. The second kappa shape index (κ2) is 4.60. The van der Waals surface area contributed by atoms with Crippen molar-refractivity contribution in [2.45, 2.75) is 56.8 Å². The van der Waals surface area contributed by atoms with E-state index in [0.717, 1.165) is 19.3 Å². The number of nitrogens with one attached hydrogen (secondary N) is 1. The van der Waals surface area contributed by atoms with E-state index < -0.39 is 0 Å². The minimum absolute atomic E-state index is 0.191. The maximum absolute atomic E-state index is 9.69. The standard InChI is InChI=1S/C11H21NO2/c13-10-4-2-1-3-9(10)12-7-11(14)8-5-6-8/h8-14H,1-7H2/t9-,10-,11?/m0/s1. The van der Waals surface area contributed by atoms with Gasteiger partial charge in [0.25, 0.3) is 0 Å². The molecule has 2 aliphatic carbocycles. The van der Waals surface area contributed by atoms with Gasteiger partial charge in [0, 0.05) is 12.6 Å². The van der Waals surface area contributed by atoms with Crippen molar-refractivity contribution >= 4 is 0 Å². The van der Waals surface area contributed by atoms with Crippen molar-refractivity contribution < 1.29 is 10.2 Å². The average molecular weight is 199 g/mol. The summed E-state index contributed by atoms with van der Waals surface area (Å²) in [5.74, 6) is 0.531. The second-order valence-electron chi connectivity index (χ2n) is 4.77. The SMILES string of the molecule is OC(CN[C@H]1CCCC[C@@H]1O)C1CC1. The van der Waals surface area contributed by atoms with Crippen LogP contribution in [0.1, 0.15) is 38.5 Å². The zero-order valence-electron chi connectivity index (χ0n) is 8.65. The van der Waals surface area contributed by atoms with Crippen LogP contribution in [0.3, 0.4) is 0 Å². The fourth-order valence-electron chi connectivity index (χ4n) is 2.27. The Labute approximate surface area is 85.5 Å². The van der Waals surface area contributed by atoms with Crippen LogP contribution in [0.25, 0.3) is 0 Å². The molecule has 3 N–H and O–H groups in total. The monoisotopic (exact) mass is 199 g/mol. The summed E-state index contributed by atoms with van der Waals surface area (Å²) in [6, 6.07) is 0.220. The van der Waals surface area contributed by atoms with Crippen LogP contribution in [0.15, 0.2) is 0 Å². The molecule has 2 fully saturated rings. The van der Waals surface area contributed by atoms with E-state index in [-0.39, 0.29) is 18.2 Å². The molecule has 0 bridgehead atoms. The zero-order chi connectivity index (χ0) is 9.97. The molecule has 14 heavy (non-hydrogen) atoms. The molecule has 0 amide bonds. The van der Waals surface area contributed by atoms with Crippen LogP contribution in [0.2, 0.25) is 0 Å². The highest BCUT2D eigenvalue weighted by atomic mass is 16.3. The molecule has 0 saturated heterocycles. The molecule has 3 nitrogen and oxygen atoms in total. The van der Waals surface area contributed by atoms with Gasteiger partial charge in [0.15, 0.2) is 0 Å². The van der Waals surface area contributed by atoms with Gasteiger partial charge in [-0.3, -0.25) is 0 Å². The largest absolute Gasteiger partial charge is 0.392 e. The molecule has 2 aliphatic rings. The van der Waals surface area contributed by atoms with Crippen molar-refractivity contribution in [1.82, 2.24) is 5.32 Å². The van der Waals surface area contributed by atoms with Gasteiger partial charge in [0.2, 0.25) is 0 Å². The first-order valence-electron chi connectivity index (χ1n) is 5.87. The van der Waals surface area contributed by atoms with E-state index in [1.165, 1.54) is 19.3 Å². The maximum Gasteiger partial charge on any atom is 0.0693 e. The molecule has 0 radical (unpaired) electrons. The Kier molecular flexibility index (Phi) is 3.42. The van der Waals surface area contributed by atoms with Gasteiger partial charge in [-0.2, -0.15) is 0 Å². The predicted molar refractivity (Wildman–Crippen MR) is 55.0 cm³/mol. The van der Waals surface area contributed by atoms with Crippen LogP contribution in [-0.2, 0) is 0 Å². The van der Waals surface area contributed by atoms with Crippen molar-refractivity contribution in [3.05, 3.63) is 0 Å². The Morgan fingerprint density at radius 1 is 1.14 bits per heavy atom. The molecule has 0 aromatic heterocycles. The Bertz CT molecular complexity index is 182. The molecule has 0 aromatic rings. The fraction of sp³-hybridized carbons (Fsp3) is 1.00. The molecule has 0 aliphatic heterocycles. The second-order valence-corrected chi connectivity index (χ2v) is 4.77. The van der Waals surface area contributed by atoms with E-state index in [9.17, 15) is 10.2 Å². The minimum atomic E-state index is -0.199. The smallest absolute Gasteiger partial charge is 0.0693 e. The highest BCUT2D eigenvalue weighted by molar-refractivity contribution is 4.86. The quantitative estimate of drug-likeness (QED) is 0.623. The zero-order valence-corrected chi connectivity index (χ0v) is 8.65. The van der Waals surface area contributed by atoms with Crippen LogP contribution in [0, 0.1) is 5.92 Å². The highest BCUT2D eigenvalue weighted by Crippen LogP contribution is 2.32. The van der Waals surface area contributed by atoms with E-state index in [4.69, 9.17) is 0 Å². The van der Waals surface area contributed by atoms with Crippen molar-refractivity contribution in [3.63, 3.8) is 0 Å². The van der Waals surface area contributed by atoms with Gasteiger partial charge in [0.05, 0.1) is 12.2 Å². The lowest BCUT2D eigenvalue weighted by Gasteiger charge is -2.29. The first-order chi connectivity index (χ1) is 6.77. The summed E-state index contributed by atoms with van der Waals surface area (Å²) >= 11 is 0. The molecular weight excluding hydrogens is 178 g/mol. The van der Waals surface area contributed by atoms with Crippen LogP contribution >= 0.6 is 0 Å². The molecule has 2 saturated carbocycles. The summed E-state index contributed by atoms with van der Waals surface area (Å²) in [4.78, 5) is 0. The molecule has 2 rings (SSSR count). The summed E-state index contributed by atoms with van der Waals surface area (Å²) in [6.45, 7) is 0.659. The van der Waals surface area contributed by atoms with Gasteiger partial charge < -0.3 is 15.5 Å². The van der Waals surface area contributed by atoms with Crippen LogP contribution in [0.5, 0.6) is 0 Å². The Morgan fingerprint density at radius 3 is 2.50 bits per heavy atom. The summed E-state index contributed by atoms with van der Waals surface area (Å²) in [6.07, 6.45) is 6.28. The molecule has 0 spiro atoms. The summed E-state index contributed by atoms with van der Waals surface area (Å²) in [5, 5.41) is 22.6. The van der Waals surface area contributed by atoms with Gasteiger partial charge in [0.1, 0.15) is 0 Å². The van der Waals surface area contributed by atoms with Crippen molar-refractivity contribution in [2.75, 3.05) is 6.54 Å². The number of aliphatic hydroxyl groups excluding tert-OH is 2. The predicted octanol–water partition coefficient (Wildman–Crippen LogP) is 0.650. The van der Waals surface area contributed by atoms with Gasteiger partial charge in [-0.25, -0.2) is 0 Å². The topological polar surface area (TPSA) is 52.5 Å². The van der Waals surface area contributed by atoms with Gasteiger partial charge in [-0.05, 0) is 31.6 Å². The third-order valence-corrected chi connectivity index (χ3v) is 3.48. The lowest BCUT2D eigenvalue weighted by molar-refractivity contribution is 0.0762. The van der Waals surface area contributed by atoms with Crippen molar-refractivity contribution in [1.29, 1.82) is 0 Å². The summed E-state index contributed by atoms with van der Waals surface area (Å²) in [5.41, 5.74) is 0. The van der Waals surface area contributed by atoms with E-state index in [2.05, 4.69) is 5.32 Å². The minimum Gasteiger partial charge on any atom is -0.392 e. The lowest BCUT2D eigenvalue weighted by Crippen LogP contribution is -2.45. The van der Waals surface area contributed by atoms with Gasteiger partial charge in [-0.15, -0.1) is 0 Å². The van der Waals surface area contributed by atoms with E-state index in [0.29, 0.717) is 12.5 Å². The Morgan fingerprint density at radius 2 is 1.86 bits per heavy atom. The van der Waals surface area contributed by atoms with Crippen LogP contribution in [0.4, 0.5) is 0 Å². The summed E-state index contributed by atoms with van der Waals surface area (Å²) < 4.78 is 0. The Hall–Kier alpha value is -0.120. The molecule has 0 aromatic carbocycles. The van der Waals surface area contributed by atoms with Crippen molar-refractivity contribution in [3.8, 4) is 0 Å². The maximum atomic E-state index is 9.69. The summed E-state index contributed by atoms with van der Waals surface area (Å²) in [7, 11) is 0.